The van der Waals surface area contributed by atoms with Gasteiger partial charge in [-0.2, -0.15) is 0 Å². The van der Waals surface area contributed by atoms with Crippen LogP contribution >= 0.6 is 0 Å². The number of carbonyl (C=O) groups excluding carboxylic acids is 1. The fourth-order valence-corrected chi connectivity index (χ4v) is 6.58. The highest BCUT2D eigenvalue weighted by Gasteiger charge is 2.11. The van der Waals surface area contributed by atoms with Gasteiger partial charge >= 0.3 is 11.9 Å². The second kappa shape index (κ2) is 41.6. The fourth-order valence-electron chi connectivity index (χ4n) is 6.58. The molecule has 0 aromatic rings. The van der Waals surface area contributed by atoms with Crippen LogP contribution in [0, 0.1) is 0 Å². The summed E-state index contributed by atoms with van der Waals surface area (Å²) < 4.78 is 5.91. The Hall–Kier alpha value is -1.84. The molecule has 0 amide bonds. The first-order valence-corrected chi connectivity index (χ1v) is 22.0. The number of aliphatic carboxylic acids is 1. The smallest absolute Gasteiger partial charge is 0.306 e. The van der Waals surface area contributed by atoms with Gasteiger partial charge < -0.3 is 9.84 Å². The molecule has 1 N–H and O–H groups in total. The second-order valence-corrected chi connectivity index (χ2v) is 14.9. The first kappa shape index (κ1) is 48.2. The van der Waals surface area contributed by atoms with Crippen molar-refractivity contribution in [3.63, 3.8) is 0 Å². The molecule has 0 radical (unpaired) electrons. The van der Waals surface area contributed by atoms with Crippen molar-refractivity contribution >= 4 is 11.9 Å². The van der Waals surface area contributed by atoms with E-state index in [0.29, 0.717) is 6.42 Å². The Balaban J connectivity index is 3.96. The maximum atomic E-state index is 12.7. The van der Waals surface area contributed by atoms with Crippen molar-refractivity contribution in [2.24, 2.45) is 0 Å². The van der Waals surface area contributed by atoms with E-state index in [9.17, 15) is 9.59 Å². The predicted octanol–water partition coefficient (Wildman–Crippen LogP) is 15.3. The topological polar surface area (TPSA) is 63.6 Å². The van der Waals surface area contributed by atoms with Crippen molar-refractivity contribution in [1.82, 2.24) is 0 Å². The van der Waals surface area contributed by atoms with Crippen molar-refractivity contribution in [2.45, 2.75) is 245 Å². The van der Waals surface area contributed by atoms with Gasteiger partial charge in [-0.05, 0) is 57.4 Å². The molecule has 1 unspecified atom stereocenters. The average molecular weight is 701 g/mol. The van der Waals surface area contributed by atoms with Crippen LogP contribution in [0.5, 0.6) is 0 Å². The molecule has 1 atom stereocenters. The third-order valence-electron chi connectivity index (χ3n) is 9.85. The molecule has 0 fully saturated rings. The highest BCUT2D eigenvalue weighted by atomic mass is 16.5. The van der Waals surface area contributed by atoms with Crippen molar-refractivity contribution in [2.75, 3.05) is 0 Å². The Kier molecular flexibility index (Phi) is 40.0. The number of hydrogen-bond acceptors (Lipinski definition) is 3. The summed E-state index contributed by atoms with van der Waals surface area (Å²) in [5.41, 5.74) is 0. The van der Waals surface area contributed by atoms with Gasteiger partial charge in [-0.25, -0.2) is 0 Å². The van der Waals surface area contributed by atoms with Gasteiger partial charge in [0.05, 0.1) is 0 Å². The average Bonchev–Trinajstić information content (AvgIpc) is 3.10. The molecule has 0 aliphatic heterocycles. The van der Waals surface area contributed by atoms with E-state index in [0.717, 1.165) is 64.2 Å². The van der Waals surface area contributed by atoms with Crippen LogP contribution in [-0.2, 0) is 14.3 Å². The number of allylic oxidation sites excluding steroid dienone is 5. The summed E-state index contributed by atoms with van der Waals surface area (Å²) in [6.45, 7) is 4.53. The van der Waals surface area contributed by atoms with Gasteiger partial charge in [0.2, 0.25) is 0 Å². The Morgan fingerprint density at radius 1 is 0.460 bits per heavy atom. The van der Waals surface area contributed by atoms with Crippen LogP contribution in [0.1, 0.15) is 239 Å². The van der Waals surface area contributed by atoms with Gasteiger partial charge in [0.1, 0.15) is 6.10 Å². The quantitative estimate of drug-likeness (QED) is 0.0393. The van der Waals surface area contributed by atoms with E-state index >= 15 is 0 Å². The minimum absolute atomic E-state index is 0.0670. The molecule has 0 rings (SSSR count). The zero-order valence-electron chi connectivity index (χ0n) is 33.5. The number of carbonyl (C=O) groups is 2. The van der Waals surface area contributed by atoms with Crippen LogP contribution in [0.25, 0.3) is 0 Å². The summed E-state index contributed by atoms with van der Waals surface area (Å²) in [5.74, 6) is -0.780. The highest BCUT2D eigenvalue weighted by molar-refractivity contribution is 5.69. The molecule has 50 heavy (non-hydrogen) atoms. The second-order valence-electron chi connectivity index (χ2n) is 14.9. The number of carboxylic acids is 1. The van der Waals surface area contributed by atoms with Crippen LogP contribution in [0.15, 0.2) is 36.5 Å². The Morgan fingerprint density at radius 3 is 1.32 bits per heavy atom. The van der Waals surface area contributed by atoms with Crippen LogP contribution in [0.2, 0.25) is 0 Å². The molecule has 292 valence electrons. The number of unbranched alkanes of at least 4 members (excludes halogenated alkanes) is 27. The molecule has 0 aromatic carbocycles. The van der Waals surface area contributed by atoms with E-state index in [2.05, 4.69) is 50.3 Å². The van der Waals surface area contributed by atoms with Crippen molar-refractivity contribution < 1.29 is 19.4 Å². The minimum Gasteiger partial charge on any atom is -0.481 e. The Labute approximate surface area is 311 Å². The van der Waals surface area contributed by atoms with E-state index in [4.69, 9.17) is 9.84 Å². The zero-order valence-corrected chi connectivity index (χ0v) is 33.5. The minimum atomic E-state index is -0.713. The number of rotatable bonds is 40. The molecule has 0 spiro atoms. The molecular weight excluding hydrogens is 617 g/mol. The van der Waals surface area contributed by atoms with Crippen molar-refractivity contribution in [1.29, 1.82) is 0 Å². The van der Waals surface area contributed by atoms with E-state index < -0.39 is 5.97 Å². The SMILES string of the molecule is CCCCC/C=C\C/C=C\C/C=C\C(CCCCCCCC(=O)O)OC(=O)CCCCCCCCCCCCCCCCCCCCCCC. The van der Waals surface area contributed by atoms with Crippen LogP contribution in [0.3, 0.4) is 0 Å². The van der Waals surface area contributed by atoms with Crippen molar-refractivity contribution in [3.05, 3.63) is 36.5 Å². The van der Waals surface area contributed by atoms with E-state index in [1.807, 2.05) is 0 Å². The molecule has 0 heterocycles. The molecule has 0 saturated heterocycles. The molecule has 4 nitrogen and oxygen atoms in total. The summed E-state index contributed by atoms with van der Waals surface area (Å²) in [7, 11) is 0. The lowest BCUT2D eigenvalue weighted by molar-refractivity contribution is -0.147. The maximum absolute atomic E-state index is 12.7. The first-order chi connectivity index (χ1) is 24.6. The summed E-state index contributed by atoms with van der Waals surface area (Å²) in [6.07, 6.45) is 54.8. The number of hydrogen-bond donors (Lipinski definition) is 1. The molecule has 4 heteroatoms. The predicted molar refractivity (Wildman–Crippen MR) is 218 cm³/mol. The normalized spacial score (nSPS) is 12.5. The van der Waals surface area contributed by atoms with Crippen LogP contribution < -0.4 is 0 Å². The van der Waals surface area contributed by atoms with E-state index in [1.165, 1.54) is 148 Å². The molecule has 0 aliphatic rings. The molecule has 0 saturated carbocycles. The lowest BCUT2D eigenvalue weighted by Gasteiger charge is -2.14. The van der Waals surface area contributed by atoms with Gasteiger partial charge in [-0.3, -0.25) is 9.59 Å². The van der Waals surface area contributed by atoms with Gasteiger partial charge in [-0.1, -0.05) is 205 Å². The summed E-state index contributed by atoms with van der Waals surface area (Å²) in [6, 6.07) is 0. The fraction of sp³-hybridized carbons (Fsp3) is 0.826. The van der Waals surface area contributed by atoms with Crippen LogP contribution in [0.4, 0.5) is 0 Å². The number of carboxylic acid groups (broad SMARTS) is 1. The lowest BCUT2D eigenvalue weighted by atomic mass is 10.0. The maximum Gasteiger partial charge on any atom is 0.306 e. The molecular formula is C46H84O4. The van der Waals surface area contributed by atoms with Gasteiger partial charge in [0.25, 0.3) is 0 Å². The van der Waals surface area contributed by atoms with E-state index in [-0.39, 0.29) is 18.5 Å². The highest BCUT2D eigenvalue weighted by Crippen LogP contribution is 2.17. The number of esters is 1. The van der Waals surface area contributed by atoms with Gasteiger partial charge in [0.15, 0.2) is 0 Å². The van der Waals surface area contributed by atoms with Gasteiger partial charge in [0, 0.05) is 12.8 Å². The molecule has 0 aromatic heterocycles. The summed E-state index contributed by atoms with van der Waals surface area (Å²) in [5, 5.41) is 8.82. The molecule has 0 aliphatic carbocycles. The Morgan fingerprint density at radius 2 is 0.840 bits per heavy atom. The van der Waals surface area contributed by atoms with Crippen LogP contribution in [-0.4, -0.2) is 23.1 Å². The molecule has 0 bridgehead atoms. The first-order valence-electron chi connectivity index (χ1n) is 22.0. The third-order valence-corrected chi connectivity index (χ3v) is 9.85. The Bertz CT molecular complexity index is 798. The van der Waals surface area contributed by atoms with Gasteiger partial charge in [-0.15, -0.1) is 0 Å². The summed E-state index contributed by atoms with van der Waals surface area (Å²) in [4.78, 5) is 23.4. The monoisotopic (exact) mass is 701 g/mol. The van der Waals surface area contributed by atoms with E-state index in [1.54, 1.807) is 0 Å². The number of ether oxygens (including phenoxy) is 1. The summed E-state index contributed by atoms with van der Waals surface area (Å²) >= 11 is 0. The van der Waals surface area contributed by atoms with Crippen molar-refractivity contribution in [3.8, 4) is 0 Å². The zero-order chi connectivity index (χ0) is 36.4. The largest absolute Gasteiger partial charge is 0.481 e. The lowest BCUT2D eigenvalue weighted by Crippen LogP contribution is -2.16. The standard InChI is InChI=1S/C46H84O4/c1-3-5-7-9-11-13-15-16-17-18-19-20-21-22-23-24-26-28-30-35-39-43-46(49)50-44(41-37-33-31-34-38-42-45(47)48)40-36-32-29-27-25-14-12-10-8-6-4-2/h12,14,27,29,36,40,44H,3-11,13,15-26,28,30-35,37-39,41-43H2,1-2H3,(H,47,48)/b14-12-,29-27-,40-36-. The third kappa shape index (κ3) is 40.6.